The van der Waals surface area contributed by atoms with E-state index in [2.05, 4.69) is 39.8 Å². The molecule has 2 amide bonds. The van der Waals surface area contributed by atoms with Gasteiger partial charge in [0.25, 0.3) is 0 Å². The Morgan fingerprint density at radius 3 is 2.45 bits per heavy atom. The minimum absolute atomic E-state index is 0.128. The molecule has 162 valence electrons. The minimum atomic E-state index is -0.426. The highest BCUT2D eigenvalue weighted by atomic mass is 16.2. The quantitative estimate of drug-likeness (QED) is 0.652. The Balaban J connectivity index is 1.10. The van der Waals surface area contributed by atoms with Crippen molar-refractivity contribution in [3.05, 3.63) is 66.2 Å². The van der Waals surface area contributed by atoms with Gasteiger partial charge in [-0.05, 0) is 30.0 Å². The van der Waals surface area contributed by atoms with Crippen LogP contribution in [0.3, 0.4) is 0 Å². The number of nitrogens with zero attached hydrogens (tertiary/aromatic N) is 1. The second-order valence-electron chi connectivity index (χ2n) is 9.11. The van der Waals surface area contributed by atoms with E-state index in [-0.39, 0.29) is 17.7 Å². The van der Waals surface area contributed by atoms with E-state index in [0.29, 0.717) is 19.1 Å². The van der Waals surface area contributed by atoms with Crippen molar-refractivity contribution in [1.29, 1.82) is 0 Å². The average Bonchev–Trinajstić information content (AvgIpc) is 3.56. The van der Waals surface area contributed by atoms with E-state index in [4.69, 9.17) is 0 Å². The van der Waals surface area contributed by atoms with Crippen LogP contribution >= 0.6 is 0 Å². The Morgan fingerprint density at radius 2 is 1.74 bits per heavy atom. The molecule has 6 nitrogen and oxygen atoms in total. The first-order valence-electron chi connectivity index (χ1n) is 11.4. The Bertz CT molecular complexity index is 925. The molecule has 6 heteroatoms. The Labute approximate surface area is 183 Å². The van der Waals surface area contributed by atoms with Crippen LogP contribution in [0.4, 0.5) is 5.69 Å². The van der Waals surface area contributed by atoms with Gasteiger partial charge in [0, 0.05) is 24.4 Å². The van der Waals surface area contributed by atoms with Crippen molar-refractivity contribution in [3.8, 4) is 0 Å². The van der Waals surface area contributed by atoms with Crippen molar-refractivity contribution < 1.29 is 14.5 Å². The van der Waals surface area contributed by atoms with Gasteiger partial charge in [0.05, 0.1) is 32.8 Å². The van der Waals surface area contributed by atoms with E-state index in [0.717, 1.165) is 44.6 Å². The van der Waals surface area contributed by atoms with Gasteiger partial charge >= 0.3 is 0 Å². The van der Waals surface area contributed by atoms with Gasteiger partial charge in [-0.25, -0.2) is 0 Å². The van der Waals surface area contributed by atoms with Gasteiger partial charge in [-0.15, -0.1) is 0 Å². The molecular formula is C25H31N4O2+. The molecule has 3 aliphatic rings. The second kappa shape index (κ2) is 8.35. The molecule has 0 radical (unpaired) electrons. The van der Waals surface area contributed by atoms with Crippen LogP contribution in [0, 0.1) is 5.92 Å². The van der Waals surface area contributed by atoms with Gasteiger partial charge in [-0.1, -0.05) is 48.5 Å². The maximum absolute atomic E-state index is 12.8. The predicted molar refractivity (Wildman–Crippen MR) is 120 cm³/mol. The van der Waals surface area contributed by atoms with Crippen molar-refractivity contribution in [2.45, 2.75) is 30.7 Å². The number of carbonyl (C=O) groups is 2. The number of likely N-dealkylation sites (tertiary alicyclic amines) is 1. The molecule has 1 spiro atoms. The monoisotopic (exact) mass is 419 g/mol. The van der Waals surface area contributed by atoms with Crippen molar-refractivity contribution >= 4 is 17.5 Å². The fraction of sp³-hybridized carbons (Fsp3) is 0.440. The van der Waals surface area contributed by atoms with Crippen LogP contribution < -0.4 is 20.4 Å². The molecule has 1 unspecified atom stereocenters. The summed E-state index contributed by atoms with van der Waals surface area (Å²) in [6.07, 6.45) is 2.64. The molecule has 31 heavy (non-hydrogen) atoms. The van der Waals surface area contributed by atoms with E-state index in [1.54, 1.807) is 0 Å². The number of nitrogens with one attached hydrogen (secondary N) is 3. The van der Waals surface area contributed by atoms with Crippen LogP contribution in [0.1, 0.15) is 30.7 Å². The lowest BCUT2D eigenvalue weighted by atomic mass is 9.85. The summed E-state index contributed by atoms with van der Waals surface area (Å²) < 4.78 is 0. The number of quaternary nitrogens is 1. The van der Waals surface area contributed by atoms with Crippen LogP contribution in [0.15, 0.2) is 60.7 Å². The van der Waals surface area contributed by atoms with Crippen molar-refractivity contribution in [2.24, 2.45) is 5.92 Å². The lowest BCUT2D eigenvalue weighted by Crippen LogP contribution is -3.14. The summed E-state index contributed by atoms with van der Waals surface area (Å²) in [6.45, 7) is 4.09. The summed E-state index contributed by atoms with van der Waals surface area (Å²) in [6, 6.07) is 20.5. The van der Waals surface area contributed by atoms with Gasteiger partial charge in [0.1, 0.15) is 5.54 Å². The minimum Gasteiger partial charge on any atom is -0.350 e. The van der Waals surface area contributed by atoms with Gasteiger partial charge in [-0.2, -0.15) is 0 Å². The highest BCUT2D eigenvalue weighted by Gasteiger charge is 2.51. The number of amides is 2. The molecule has 2 aromatic rings. The summed E-state index contributed by atoms with van der Waals surface area (Å²) >= 11 is 0. The summed E-state index contributed by atoms with van der Waals surface area (Å²) in [5.41, 5.74) is 1.95. The molecule has 5 rings (SSSR count). The van der Waals surface area contributed by atoms with Crippen molar-refractivity contribution in [3.63, 3.8) is 0 Å². The number of benzene rings is 2. The van der Waals surface area contributed by atoms with Gasteiger partial charge in [-0.3, -0.25) is 9.59 Å². The number of para-hydroxylation sites is 1. The predicted octanol–water partition coefficient (Wildman–Crippen LogP) is 0.918. The summed E-state index contributed by atoms with van der Waals surface area (Å²) in [4.78, 5) is 29.0. The van der Waals surface area contributed by atoms with E-state index in [1.165, 1.54) is 10.5 Å². The molecule has 2 saturated heterocycles. The third-order valence-electron chi connectivity index (χ3n) is 7.32. The molecule has 0 bridgehead atoms. The third kappa shape index (κ3) is 3.92. The number of anilines is 1. The lowest BCUT2D eigenvalue weighted by Gasteiger charge is -2.41. The molecular weight excluding hydrogens is 388 g/mol. The van der Waals surface area contributed by atoms with Gasteiger partial charge < -0.3 is 20.4 Å². The zero-order valence-corrected chi connectivity index (χ0v) is 17.8. The molecule has 1 aliphatic carbocycles. The van der Waals surface area contributed by atoms with E-state index in [9.17, 15) is 9.59 Å². The van der Waals surface area contributed by atoms with Crippen molar-refractivity contribution in [2.75, 3.05) is 37.7 Å². The van der Waals surface area contributed by atoms with Gasteiger partial charge in [0.2, 0.25) is 11.8 Å². The zero-order chi connectivity index (χ0) is 21.3. The first-order valence-corrected chi connectivity index (χ1v) is 11.4. The molecule has 2 heterocycles. The maximum Gasteiger partial charge on any atom is 0.247 e. The summed E-state index contributed by atoms with van der Waals surface area (Å²) in [7, 11) is 0. The number of piperidine rings is 1. The number of hydrogen-bond donors (Lipinski definition) is 3. The van der Waals surface area contributed by atoms with Crippen LogP contribution in [0.2, 0.25) is 0 Å². The fourth-order valence-corrected chi connectivity index (χ4v) is 5.35. The normalized spacial score (nSPS) is 29.6. The third-order valence-corrected chi connectivity index (χ3v) is 7.32. The first kappa shape index (κ1) is 20.1. The van der Waals surface area contributed by atoms with Gasteiger partial charge in [0.15, 0.2) is 0 Å². The lowest BCUT2D eigenvalue weighted by molar-refractivity contribution is -0.904. The molecule has 0 aromatic heterocycles. The first-order chi connectivity index (χ1) is 15.2. The zero-order valence-electron chi connectivity index (χ0n) is 17.8. The molecule has 3 N–H and O–H groups in total. The van der Waals surface area contributed by atoms with Crippen LogP contribution in [0.25, 0.3) is 0 Å². The molecule has 1 saturated carbocycles. The van der Waals surface area contributed by atoms with Crippen LogP contribution in [-0.2, 0) is 9.59 Å². The number of hydrogen-bond acceptors (Lipinski definition) is 3. The smallest absolute Gasteiger partial charge is 0.247 e. The van der Waals surface area contributed by atoms with Crippen molar-refractivity contribution in [1.82, 2.24) is 10.6 Å². The molecule has 2 atom stereocenters. The standard InChI is InChI=1S/C25H30N4O2/c30-23(22-17-21(22)19-7-3-1-4-8-19)26-13-16-28-14-11-25(12-15-28)24(31)27-18-29(25)20-9-5-2-6-10-20/h1-10,21-22H,11-18H2,(H,26,30)(H,27,31)/p+1/t21-,22?/m0/s1. The number of carbonyl (C=O) groups excluding carboxylic acids is 2. The highest BCUT2D eigenvalue weighted by Crippen LogP contribution is 2.47. The summed E-state index contributed by atoms with van der Waals surface area (Å²) in [5.74, 6) is 0.855. The van der Waals surface area contributed by atoms with Crippen LogP contribution in [-0.4, -0.2) is 50.2 Å². The van der Waals surface area contributed by atoms with E-state index >= 15 is 0 Å². The largest absolute Gasteiger partial charge is 0.350 e. The topological polar surface area (TPSA) is 65.9 Å². The van der Waals surface area contributed by atoms with E-state index < -0.39 is 5.54 Å². The van der Waals surface area contributed by atoms with E-state index in [1.807, 2.05) is 36.4 Å². The Hall–Kier alpha value is -2.86. The Kier molecular flexibility index (Phi) is 5.40. The summed E-state index contributed by atoms with van der Waals surface area (Å²) in [5, 5.41) is 6.21. The highest BCUT2D eigenvalue weighted by molar-refractivity contribution is 5.93. The molecule has 2 aliphatic heterocycles. The SMILES string of the molecule is O=C(NCC[NH+]1CCC2(CC1)C(=O)NCN2c1ccccc1)C1C[C@H]1c1ccccc1. The average molecular weight is 420 g/mol. The van der Waals surface area contributed by atoms with Crippen LogP contribution in [0.5, 0.6) is 0 Å². The molecule has 3 fully saturated rings. The Morgan fingerprint density at radius 1 is 1.06 bits per heavy atom. The maximum atomic E-state index is 12.8. The fourth-order valence-electron chi connectivity index (χ4n) is 5.35. The second-order valence-corrected chi connectivity index (χ2v) is 9.11. The molecule has 2 aromatic carbocycles. The number of rotatable bonds is 6.